The second-order valence-electron chi connectivity index (χ2n) is 7.68. The number of carbonyl (C=O) groups excluding carboxylic acids is 1. The number of likely N-dealkylation sites (tertiary alicyclic amines) is 1. The van der Waals surface area contributed by atoms with Gasteiger partial charge in [0, 0.05) is 31.2 Å². The van der Waals surface area contributed by atoms with Crippen LogP contribution in [0.4, 0.5) is 0 Å². The third kappa shape index (κ3) is 4.58. The molecule has 4 heteroatoms. The highest BCUT2D eigenvalue weighted by Crippen LogP contribution is 2.29. The lowest BCUT2D eigenvalue weighted by Gasteiger charge is -2.40. The molecule has 2 fully saturated rings. The van der Waals surface area contributed by atoms with Crippen molar-refractivity contribution in [3.05, 3.63) is 35.4 Å². The van der Waals surface area contributed by atoms with Crippen LogP contribution in [-0.4, -0.2) is 47.2 Å². The van der Waals surface area contributed by atoms with Gasteiger partial charge < -0.3 is 15.3 Å². The fourth-order valence-corrected chi connectivity index (χ4v) is 4.07. The van der Waals surface area contributed by atoms with Gasteiger partial charge >= 0.3 is 0 Å². The zero-order chi connectivity index (χ0) is 17.0. The SMILES string of the molecule is Cc1cccc(C(=O)NC2CCN(CC3(O)CCCCC3)CC2)c1. The molecule has 0 aromatic heterocycles. The van der Waals surface area contributed by atoms with E-state index in [1.165, 1.54) is 6.42 Å². The molecule has 2 N–H and O–H groups in total. The van der Waals surface area contributed by atoms with Crippen molar-refractivity contribution in [2.24, 2.45) is 0 Å². The molecule has 132 valence electrons. The molecular formula is C20H30N2O2. The number of rotatable bonds is 4. The number of carbonyl (C=O) groups is 1. The maximum atomic E-state index is 12.3. The molecule has 1 heterocycles. The molecule has 2 aliphatic rings. The molecular weight excluding hydrogens is 300 g/mol. The van der Waals surface area contributed by atoms with Crippen molar-refractivity contribution < 1.29 is 9.90 Å². The lowest BCUT2D eigenvalue weighted by Crippen LogP contribution is -2.50. The van der Waals surface area contributed by atoms with E-state index < -0.39 is 5.60 Å². The van der Waals surface area contributed by atoms with Gasteiger partial charge in [0.15, 0.2) is 0 Å². The highest BCUT2D eigenvalue weighted by Gasteiger charge is 2.32. The van der Waals surface area contributed by atoms with E-state index >= 15 is 0 Å². The summed E-state index contributed by atoms with van der Waals surface area (Å²) in [6.45, 7) is 4.72. The molecule has 0 radical (unpaired) electrons. The van der Waals surface area contributed by atoms with Crippen LogP contribution in [0.3, 0.4) is 0 Å². The number of nitrogens with one attached hydrogen (secondary N) is 1. The normalized spacial score (nSPS) is 22.2. The molecule has 1 saturated carbocycles. The van der Waals surface area contributed by atoms with Crippen LogP contribution in [0.15, 0.2) is 24.3 Å². The van der Waals surface area contributed by atoms with Crippen molar-refractivity contribution in [2.75, 3.05) is 19.6 Å². The molecule has 24 heavy (non-hydrogen) atoms. The van der Waals surface area contributed by atoms with E-state index in [0.717, 1.165) is 69.3 Å². The van der Waals surface area contributed by atoms with Crippen molar-refractivity contribution in [1.82, 2.24) is 10.2 Å². The zero-order valence-corrected chi connectivity index (χ0v) is 14.8. The predicted octanol–water partition coefficient (Wildman–Crippen LogP) is 2.88. The second-order valence-corrected chi connectivity index (χ2v) is 7.68. The minimum Gasteiger partial charge on any atom is -0.389 e. The van der Waals surface area contributed by atoms with Crippen LogP contribution in [0.5, 0.6) is 0 Å². The molecule has 1 saturated heterocycles. The van der Waals surface area contributed by atoms with Crippen molar-refractivity contribution in [1.29, 1.82) is 0 Å². The van der Waals surface area contributed by atoms with Crippen molar-refractivity contribution in [3.8, 4) is 0 Å². The van der Waals surface area contributed by atoms with Gasteiger partial charge in [0.1, 0.15) is 0 Å². The number of aryl methyl sites for hydroxylation is 1. The summed E-state index contributed by atoms with van der Waals surface area (Å²) in [5.41, 5.74) is 1.38. The lowest BCUT2D eigenvalue weighted by atomic mass is 9.84. The van der Waals surface area contributed by atoms with Crippen LogP contribution in [0.2, 0.25) is 0 Å². The Morgan fingerprint density at radius 1 is 1.25 bits per heavy atom. The molecule has 0 unspecified atom stereocenters. The highest BCUT2D eigenvalue weighted by molar-refractivity contribution is 5.94. The summed E-state index contributed by atoms with van der Waals surface area (Å²) >= 11 is 0. The minimum absolute atomic E-state index is 0.0306. The van der Waals surface area contributed by atoms with Crippen molar-refractivity contribution >= 4 is 5.91 Å². The second kappa shape index (κ2) is 7.66. The summed E-state index contributed by atoms with van der Waals surface area (Å²) < 4.78 is 0. The average molecular weight is 330 g/mol. The summed E-state index contributed by atoms with van der Waals surface area (Å²) in [4.78, 5) is 14.7. The van der Waals surface area contributed by atoms with E-state index in [-0.39, 0.29) is 11.9 Å². The third-order valence-electron chi connectivity index (χ3n) is 5.51. The average Bonchev–Trinajstić information content (AvgIpc) is 2.57. The number of aliphatic hydroxyl groups is 1. The zero-order valence-electron chi connectivity index (χ0n) is 14.8. The Kier molecular flexibility index (Phi) is 5.57. The standard InChI is InChI=1S/C20H30N2O2/c1-16-6-5-7-17(14-16)19(23)21-18-8-12-22(13-9-18)15-20(24)10-3-2-4-11-20/h5-7,14,18,24H,2-4,8-13,15H2,1H3,(H,21,23). The largest absolute Gasteiger partial charge is 0.389 e. The van der Waals surface area contributed by atoms with Gasteiger partial charge in [-0.2, -0.15) is 0 Å². The monoisotopic (exact) mass is 330 g/mol. The molecule has 1 aliphatic carbocycles. The van der Waals surface area contributed by atoms with Gasteiger partial charge in [-0.3, -0.25) is 4.79 Å². The van der Waals surface area contributed by atoms with Crippen LogP contribution >= 0.6 is 0 Å². The van der Waals surface area contributed by atoms with Gasteiger partial charge in [-0.1, -0.05) is 37.0 Å². The maximum Gasteiger partial charge on any atom is 0.251 e. The van der Waals surface area contributed by atoms with E-state index in [4.69, 9.17) is 0 Å². The Morgan fingerprint density at radius 2 is 1.96 bits per heavy atom. The van der Waals surface area contributed by atoms with Gasteiger partial charge in [0.2, 0.25) is 0 Å². The van der Waals surface area contributed by atoms with Crippen molar-refractivity contribution in [2.45, 2.75) is 63.5 Å². The van der Waals surface area contributed by atoms with E-state index in [9.17, 15) is 9.90 Å². The Labute approximate surface area is 145 Å². The predicted molar refractivity (Wildman–Crippen MR) is 96.1 cm³/mol. The topological polar surface area (TPSA) is 52.6 Å². The first-order valence-electron chi connectivity index (χ1n) is 9.36. The van der Waals surface area contributed by atoms with Gasteiger partial charge in [-0.15, -0.1) is 0 Å². The number of amides is 1. The molecule has 1 aromatic carbocycles. The third-order valence-corrected chi connectivity index (χ3v) is 5.51. The van der Waals surface area contributed by atoms with E-state index in [1.807, 2.05) is 31.2 Å². The quantitative estimate of drug-likeness (QED) is 0.892. The minimum atomic E-state index is -0.476. The van der Waals surface area contributed by atoms with Gasteiger partial charge in [-0.25, -0.2) is 0 Å². The first-order chi connectivity index (χ1) is 11.5. The molecule has 3 rings (SSSR count). The summed E-state index contributed by atoms with van der Waals surface area (Å²) in [5.74, 6) is 0.0306. The van der Waals surface area contributed by atoms with E-state index in [0.29, 0.717) is 0 Å². The molecule has 0 atom stereocenters. The number of hydrogen-bond donors (Lipinski definition) is 2. The molecule has 0 spiro atoms. The maximum absolute atomic E-state index is 12.3. The highest BCUT2D eigenvalue weighted by atomic mass is 16.3. The van der Waals surface area contributed by atoms with Crippen LogP contribution in [0.25, 0.3) is 0 Å². The number of hydrogen-bond acceptors (Lipinski definition) is 3. The summed E-state index contributed by atoms with van der Waals surface area (Å²) in [7, 11) is 0. The summed E-state index contributed by atoms with van der Waals surface area (Å²) in [6.07, 6.45) is 7.38. The Morgan fingerprint density at radius 3 is 2.62 bits per heavy atom. The van der Waals surface area contributed by atoms with Gasteiger partial charge in [0.05, 0.1) is 5.60 Å². The number of benzene rings is 1. The molecule has 1 amide bonds. The Balaban J connectivity index is 1.46. The first-order valence-corrected chi connectivity index (χ1v) is 9.36. The Bertz CT molecular complexity index is 559. The van der Waals surface area contributed by atoms with E-state index in [2.05, 4.69) is 10.2 Å². The van der Waals surface area contributed by atoms with Crippen LogP contribution < -0.4 is 5.32 Å². The van der Waals surface area contributed by atoms with Gasteiger partial charge in [0.25, 0.3) is 5.91 Å². The Hall–Kier alpha value is -1.39. The fourth-order valence-electron chi connectivity index (χ4n) is 4.07. The molecule has 1 aliphatic heterocycles. The van der Waals surface area contributed by atoms with Gasteiger partial charge in [-0.05, 0) is 44.7 Å². The van der Waals surface area contributed by atoms with Crippen LogP contribution in [0, 0.1) is 6.92 Å². The van der Waals surface area contributed by atoms with Crippen LogP contribution in [-0.2, 0) is 0 Å². The number of β-amino-alcohol motifs (C(OH)–C–C–N with tert-alkyl or cyclic N) is 1. The molecule has 0 bridgehead atoms. The van der Waals surface area contributed by atoms with E-state index in [1.54, 1.807) is 0 Å². The fraction of sp³-hybridized carbons (Fsp3) is 0.650. The molecule has 1 aromatic rings. The van der Waals surface area contributed by atoms with Crippen molar-refractivity contribution in [3.63, 3.8) is 0 Å². The molecule has 4 nitrogen and oxygen atoms in total. The summed E-state index contributed by atoms with van der Waals surface area (Å²) in [6, 6.07) is 7.98. The number of nitrogens with zero attached hydrogens (tertiary/aromatic N) is 1. The smallest absolute Gasteiger partial charge is 0.251 e. The number of piperidine rings is 1. The summed E-state index contributed by atoms with van der Waals surface area (Å²) in [5, 5.41) is 13.9. The van der Waals surface area contributed by atoms with Crippen LogP contribution in [0.1, 0.15) is 60.9 Å². The lowest BCUT2D eigenvalue weighted by molar-refractivity contribution is -0.0312. The first kappa shape index (κ1) is 17.4.